The lowest BCUT2D eigenvalue weighted by atomic mass is 10.0. The highest BCUT2D eigenvalue weighted by Gasteiger charge is 2.36. The number of halogens is 1. The van der Waals surface area contributed by atoms with Crippen molar-refractivity contribution in [3.05, 3.63) is 28.8 Å². The second kappa shape index (κ2) is 9.78. The Morgan fingerprint density at radius 2 is 1.80 bits per heavy atom. The fraction of sp³-hybridized carbons (Fsp3) is 0.579. The number of rotatable bonds is 7. The maximum atomic E-state index is 12.4. The first-order valence-electron chi connectivity index (χ1n) is 8.80. The van der Waals surface area contributed by atoms with E-state index in [1.807, 2.05) is 13.8 Å². The molecular weight excluding hydrogens is 338 g/mol. The number of hydrogen-bond acceptors (Lipinski definition) is 3. The third kappa shape index (κ3) is 5.44. The number of nitrogens with one attached hydrogen (secondary N) is 2. The largest absolute Gasteiger partial charge is 0.355 e. The van der Waals surface area contributed by atoms with Gasteiger partial charge >= 0.3 is 0 Å². The molecular formula is C19H30ClN3O2. The van der Waals surface area contributed by atoms with E-state index >= 15 is 0 Å². The molecule has 1 aromatic rings. The first-order valence-corrected chi connectivity index (χ1v) is 8.80. The van der Waals surface area contributed by atoms with Crippen molar-refractivity contribution >= 4 is 29.9 Å². The molecule has 5 nitrogen and oxygen atoms in total. The number of carbonyl (C=O) groups excluding carboxylic acids is 2. The van der Waals surface area contributed by atoms with Crippen LogP contribution < -0.4 is 15.5 Å². The number of benzene rings is 1. The quantitative estimate of drug-likeness (QED) is 0.728. The van der Waals surface area contributed by atoms with Gasteiger partial charge in [-0.1, -0.05) is 24.6 Å². The molecule has 1 aliphatic heterocycles. The summed E-state index contributed by atoms with van der Waals surface area (Å²) in [4.78, 5) is 26.5. The average molecular weight is 368 g/mol. The van der Waals surface area contributed by atoms with Crippen LogP contribution in [0.3, 0.4) is 0 Å². The molecule has 2 amide bonds. The van der Waals surface area contributed by atoms with Gasteiger partial charge in [0, 0.05) is 31.7 Å². The Balaban J connectivity index is 0.00000312. The molecule has 6 heteroatoms. The summed E-state index contributed by atoms with van der Waals surface area (Å²) in [5, 5.41) is 6.19. The van der Waals surface area contributed by atoms with E-state index in [9.17, 15) is 9.59 Å². The molecule has 140 valence electrons. The van der Waals surface area contributed by atoms with Gasteiger partial charge in [-0.15, -0.1) is 12.4 Å². The van der Waals surface area contributed by atoms with Crippen LogP contribution in [-0.2, 0) is 9.59 Å². The number of anilines is 1. The van der Waals surface area contributed by atoms with E-state index in [2.05, 4.69) is 36.6 Å². The van der Waals surface area contributed by atoms with Crippen LogP contribution in [0.25, 0.3) is 0 Å². The van der Waals surface area contributed by atoms with Gasteiger partial charge in [-0.3, -0.25) is 9.59 Å². The summed E-state index contributed by atoms with van der Waals surface area (Å²) >= 11 is 0. The fourth-order valence-corrected chi connectivity index (χ4v) is 3.42. The van der Waals surface area contributed by atoms with Crippen molar-refractivity contribution in [1.82, 2.24) is 10.6 Å². The summed E-state index contributed by atoms with van der Waals surface area (Å²) in [5.74, 6) is -0.246. The Labute approximate surface area is 157 Å². The minimum absolute atomic E-state index is 0. The summed E-state index contributed by atoms with van der Waals surface area (Å²) < 4.78 is 0. The molecule has 0 saturated carbocycles. The van der Waals surface area contributed by atoms with Gasteiger partial charge in [-0.05, 0) is 44.9 Å². The van der Waals surface area contributed by atoms with Crippen molar-refractivity contribution in [2.45, 2.75) is 40.5 Å². The Hall–Kier alpha value is -1.59. The van der Waals surface area contributed by atoms with Gasteiger partial charge in [0.2, 0.25) is 11.8 Å². The molecule has 2 N–H and O–H groups in total. The lowest BCUT2D eigenvalue weighted by Crippen LogP contribution is -2.37. The predicted molar refractivity (Wildman–Crippen MR) is 105 cm³/mol. The summed E-state index contributed by atoms with van der Waals surface area (Å²) in [6.45, 7) is 11.0. The Morgan fingerprint density at radius 1 is 1.16 bits per heavy atom. The van der Waals surface area contributed by atoms with E-state index in [0.717, 1.165) is 36.3 Å². The van der Waals surface area contributed by atoms with Crippen molar-refractivity contribution in [3.8, 4) is 0 Å². The normalized spacial score (nSPS) is 16.7. The van der Waals surface area contributed by atoms with Crippen LogP contribution in [0.5, 0.6) is 0 Å². The Kier molecular flexibility index (Phi) is 8.39. The van der Waals surface area contributed by atoms with Gasteiger partial charge in [0.25, 0.3) is 0 Å². The third-order valence-corrected chi connectivity index (χ3v) is 4.43. The zero-order chi connectivity index (χ0) is 17.7. The van der Waals surface area contributed by atoms with E-state index in [4.69, 9.17) is 0 Å². The molecule has 0 radical (unpaired) electrons. The lowest BCUT2D eigenvalue weighted by molar-refractivity contribution is -0.126. The van der Waals surface area contributed by atoms with Gasteiger partial charge in [0.1, 0.15) is 0 Å². The molecule has 0 bridgehead atoms. The fourth-order valence-electron chi connectivity index (χ4n) is 3.42. The molecule has 25 heavy (non-hydrogen) atoms. The van der Waals surface area contributed by atoms with Crippen molar-refractivity contribution in [1.29, 1.82) is 0 Å². The summed E-state index contributed by atoms with van der Waals surface area (Å²) in [6.07, 6.45) is 1.37. The highest BCUT2D eigenvalue weighted by Crippen LogP contribution is 2.31. The highest BCUT2D eigenvalue weighted by atomic mass is 35.5. The molecule has 0 spiro atoms. The standard InChI is InChI=1S/C19H29N3O2.ClH/c1-5-6-20-7-8-21-19(24)16-11-17(23)22(12-16)18-14(3)9-13(2)10-15(18)4;/h9-10,16,20H,5-8,11-12H2,1-4H3,(H,21,24);1H. The number of hydrogen-bond donors (Lipinski definition) is 2. The van der Waals surface area contributed by atoms with Crippen LogP contribution in [0.4, 0.5) is 5.69 Å². The van der Waals surface area contributed by atoms with Crippen molar-refractivity contribution in [2.75, 3.05) is 31.1 Å². The van der Waals surface area contributed by atoms with Crippen LogP contribution >= 0.6 is 12.4 Å². The molecule has 1 atom stereocenters. The Morgan fingerprint density at radius 3 is 2.40 bits per heavy atom. The predicted octanol–water partition coefficient (Wildman–Crippen LogP) is 2.50. The molecule has 1 unspecified atom stereocenters. The molecule has 0 aliphatic carbocycles. The van der Waals surface area contributed by atoms with Gasteiger partial charge in [-0.25, -0.2) is 0 Å². The van der Waals surface area contributed by atoms with E-state index < -0.39 is 0 Å². The van der Waals surface area contributed by atoms with Crippen molar-refractivity contribution in [3.63, 3.8) is 0 Å². The molecule has 0 aromatic heterocycles. The molecule has 2 rings (SSSR count). The molecule has 1 aromatic carbocycles. The van der Waals surface area contributed by atoms with Crippen LogP contribution in [0, 0.1) is 26.7 Å². The zero-order valence-electron chi connectivity index (χ0n) is 15.6. The second-order valence-electron chi connectivity index (χ2n) is 6.69. The third-order valence-electron chi connectivity index (χ3n) is 4.43. The first-order chi connectivity index (χ1) is 11.4. The Bertz CT molecular complexity index is 596. The van der Waals surface area contributed by atoms with Gasteiger partial charge in [0.05, 0.1) is 5.92 Å². The summed E-state index contributed by atoms with van der Waals surface area (Å²) in [5.41, 5.74) is 4.33. The van der Waals surface area contributed by atoms with Crippen molar-refractivity contribution in [2.24, 2.45) is 5.92 Å². The number of carbonyl (C=O) groups is 2. The van der Waals surface area contributed by atoms with Gasteiger partial charge in [-0.2, -0.15) is 0 Å². The van der Waals surface area contributed by atoms with E-state index in [1.165, 1.54) is 5.56 Å². The number of amides is 2. The topological polar surface area (TPSA) is 61.4 Å². The number of nitrogens with zero attached hydrogens (tertiary/aromatic N) is 1. The zero-order valence-corrected chi connectivity index (χ0v) is 16.5. The average Bonchev–Trinajstić information content (AvgIpc) is 2.88. The van der Waals surface area contributed by atoms with Gasteiger partial charge < -0.3 is 15.5 Å². The number of aryl methyl sites for hydroxylation is 3. The summed E-state index contributed by atoms with van der Waals surface area (Å²) in [7, 11) is 0. The molecule has 1 saturated heterocycles. The van der Waals surface area contributed by atoms with E-state index in [1.54, 1.807) is 4.90 Å². The molecule has 1 heterocycles. The smallest absolute Gasteiger partial charge is 0.227 e. The first kappa shape index (κ1) is 21.5. The SMILES string of the molecule is CCCNCCNC(=O)C1CC(=O)N(c2c(C)cc(C)cc2C)C1.Cl. The second-order valence-corrected chi connectivity index (χ2v) is 6.69. The summed E-state index contributed by atoms with van der Waals surface area (Å²) in [6, 6.07) is 4.17. The minimum atomic E-state index is -0.260. The molecule has 1 fully saturated rings. The maximum Gasteiger partial charge on any atom is 0.227 e. The van der Waals surface area contributed by atoms with Gasteiger partial charge in [0.15, 0.2) is 0 Å². The lowest BCUT2D eigenvalue weighted by Gasteiger charge is -2.22. The van der Waals surface area contributed by atoms with Crippen LogP contribution in [0.1, 0.15) is 36.5 Å². The minimum Gasteiger partial charge on any atom is -0.355 e. The van der Waals surface area contributed by atoms with Crippen molar-refractivity contribution < 1.29 is 9.59 Å². The maximum absolute atomic E-state index is 12.4. The highest BCUT2D eigenvalue weighted by molar-refractivity contribution is 6.01. The monoisotopic (exact) mass is 367 g/mol. The van der Waals surface area contributed by atoms with E-state index in [0.29, 0.717) is 19.5 Å². The van der Waals surface area contributed by atoms with Crippen LogP contribution in [0.15, 0.2) is 12.1 Å². The van der Waals surface area contributed by atoms with E-state index in [-0.39, 0.29) is 30.1 Å². The molecule has 1 aliphatic rings. The van der Waals surface area contributed by atoms with Crippen LogP contribution in [0.2, 0.25) is 0 Å². The van der Waals surface area contributed by atoms with Crippen LogP contribution in [-0.4, -0.2) is 38.0 Å².